The first-order valence-corrected chi connectivity index (χ1v) is 4.57. The molecule has 1 aromatic rings. The summed E-state index contributed by atoms with van der Waals surface area (Å²) < 4.78 is 4.36. The van der Waals surface area contributed by atoms with Crippen LogP contribution in [0.15, 0.2) is 35.4 Å². The molecule has 0 amide bonds. The van der Waals surface area contributed by atoms with Gasteiger partial charge in [0.05, 0.1) is 5.56 Å². The summed E-state index contributed by atoms with van der Waals surface area (Å²) in [6, 6.07) is 7.75. The molecule has 0 radical (unpaired) electrons. The Balaban J connectivity index is 2.77. The normalized spacial score (nSPS) is 13.1. The third-order valence-corrected chi connectivity index (χ3v) is 1.82. The molecule has 0 aliphatic carbocycles. The smallest absolute Gasteiger partial charge is 0.351 e. The van der Waals surface area contributed by atoms with Crippen LogP contribution in [0.25, 0.3) is 10.4 Å². The summed E-state index contributed by atoms with van der Waals surface area (Å²) in [4.78, 5) is 25.0. The first-order chi connectivity index (χ1) is 7.97. The molecule has 1 rings (SSSR count). The third-order valence-electron chi connectivity index (χ3n) is 1.82. The molecule has 1 N–H and O–H groups in total. The molecule has 0 aliphatic heterocycles. The van der Waals surface area contributed by atoms with Gasteiger partial charge in [-0.1, -0.05) is 18.2 Å². The van der Waals surface area contributed by atoms with Crippen molar-refractivity contribution in [3.63, 3.8) is 0 Å². The van der Waals surface area contributed by atoms with E-state index >= 15 is 0 Å². The van der Waals surface area contributed by atoms with Crippen molar-refractivity contribution < 1.29 is 19.4 Å². The van der Waals surface area contributed by atoms with E-state index in [2.05, 4.69) is 14.8 Å². The highest BCUT2D eigenvalue weighted by atomic mass is 16.6. The Kier molecular flexibility index (Phi) is 3.82. The van der Waals surface area contributed by atoms with Crippen LogP contribution in [-0.2, 0) is 9.53 Å². The monoisotopic (exact) mass is 235 g/mol. The molecule has 0 saturated heterocycles. The topological polar surface area (TPSA) is 112 Å². The average molecular weight is 235 g/mol. The van der Waals surface area contributed by atoms with E-state index in [9.17, 15) is 14.7 Å². The highest BCUT2D eigenvalue weighted by molar-refractivity contribution is 5.98. The highest BCUT2D eigenvalue weighted by Crippen LogP contribution is 2.10. The maximum Gasteiger partial charge on any atom is 0.351 e. The van der Waals surface area contributed by atoms with E-state index in [4.69, 9.17) is 5.53 Å². The van der Waals surface area contributed by atoms with E-state index in [0.29, 0.717) is 0 Å². The Morgan fingerprint density at radius 2 is 2.00 bits per heavy atom. The lowest BCUT2D eigenvalue weighted by atomic mass is 10.2. The summed E-state index contributed by atoms with van der Waals surface area (Å²) in [6.07, 6.45) is 0. The van der Waals surface area contributed by atoms with Gasteiger partial charge in [0.15, 0.2) is 0 Å². The molecule has 88 valence electrons. The molecule has 0 aromatic heterocycles. The van der Waals surface area contributed by atoms with Gasteiger partial charge in [-0.15, -0.1) is 0 Å². The van der Waals surface area contributed by atoms with Crippen LogP contribution in [0.4, 0.5) is 0 Å². The maximum atomic E-state index is 11.4. The number of hydrogen-bond acceptors (Lipinski definition) is 5. The van der Waals surface area contributed by atoms with E-state index in [-0.39, 0.29) is 5.56 Å². The van der Waals surface area contributed by atoms with Crippen LogP contribution in [0, 0.1) is 0 Å². The minimum Gasteiger partial charge on any atom is -0.387 e. The number of rotatable bonds is 3. The van der Waals surface area contributed by atoms with E-state index in [1.165, 1.54) is 12.1 Å². The molecule has 0 spiro atoms. The van der Waals surface area contributed by atoms with Crippen molar-refractivity contribution >= 4 is 11.9 Å². The number of esters is 2. The molecule has 1 aromatic carbocycles. The molecule has 0 heterocycles. The fourth-order valence-electron chi connectivity index (χ4n) is 0.942. The second-order valence-electron chi connectivity index (χ2n) is 3.25. The number of ether oxygens (including phenoxy) is 1. The summed E-state index contributed by atoms with van der Waals surface area (Å²) in [7, 11) is 0. The quantitative estimate of drug-likeness (QED) is 0.280. The number of carbonyl (C=O) groups is 2. The standard InChI is InChI=1S/C10H9N3O4/c1-10(16,12-13-11)9(15)17-8(14)7-5-3-2-4-6-7/h2-6,16H,1H3. The number of benzene rings is 1. The van der Waals surface area contributed by atoms with Crippen LogP contribution in [0.2, 0.25) is 0 Å². The fourth-order valence-corrected chi connectivity index (χ4v) is 0.942. The SMILES string of the molecule is CC(O)(N=[N+]=[N-])C(=O)OC(=O)c1ccccc1. The Morgan fingerprint density at radius 1 is 1.41 bits per heavy atom. The number of hydrogen-bond donors (Lipinski definition) is 1. The van der Waals surface area contributed by atoms with Gasteiger partial charge in [-0.2, -0.15) is 0 Å². The molecule has 7 heteroatoms. The summed E-state index contributed by atoms with van der Waals surface area (Å²) in [5.41, 5.74) is 5.85. The lowest BCUT2D eigenvalue weighted by Gasteiger charge is -2.13. The van der Waals surface area contributed by atoms with Gasteiger partial charge >= 0.3 is 11.9 Å². The second-order valence-corrected chi connectivity index (χ2v) is 3.25. The van der Waals surface area contributed by atoms with Gasteiger partial charge in [-0.25, -0.2) is 9.59 Å². The molecule has 0 bridgehead atoms. The molecule has 7 nitrogen and oxygen atoms in total. The highest BCUT2D eigenvalue weighted by Gasteiger charge is 2.33. The molecule has 1 unspecified atom stereocenters. The van der Waals surface area contributed by atoms with E-state index < -0.39 is 17.7 Å². The van der Waals surface area contributed by atoms with Gasteiger partial charge in [0, 0.05) is 4.91 Å². The Labute approximate surface area is 96.3 Å². The predicted octanol–water partition coefficient (Wildman–Crippen LogP) is 1.39. The average Bonchev–Trinajstić information content (AvgIpc) is 2.30. The summed E-state index contributed by atoms with van der Waals surface area (Å²) >= 11 is 0. The maximum absolute atomic E-state index is 11.4. The first kappa shape index (κ1) is 12.7. The zero-order chi connectivity index (χ0) is 12.9. The number of nitrogens with zero attached hydrogens (tertiary/aromatic N) is 3. The van der Waals surface area contributed by atoms with Gasteiger partial charge in [-0.3, -0.25) is 0 Å². The number of aliphatic hydroxyl groups is 1. The molecule has 0 aliphatic rings. The van der Waals surface area contributed by atoms with Crippen molar-refractivity contribution in [1.29, 1.82) is 0 Å². The van der Waals surface area contributed by atoms with Gasteiger partial charge in [-0.05, 0) is 29.7 Å². The van der Waals surface area contributed by atoms with E-state index in [0.717, 1.165) is 6.92 Å². The van der Waals surface area contributed by atoms with Crippen LogP contribution in [0.1, 0.15) is 17.3 Å². The van der Waals surface area contributed by atoms with Crippen LogP contribution >= 0.6 is 0 Å². The largest absolute Gasteiger partial charge is 0.387 e. The fraction of sp³-hybridized carbons (Fsp3) is 0.200. The van der Waals surface area contributed by atoms with Gasteiger partial charge in [0.25, 0.3) is 0 Å². The van der Waals surface area contributed by atoms with Crippen molar-refractivity contribution in [2.24, 2.45) is 5.11 Å². The summed E-state index contributed by atoms with van der Waals surface area (Å²) in [5.74, 6) is -2.26. The number of azide groups is 1. The van der Waals surface area contributed by atoms with Gasteiger partial charge in [0.2, 0.25) is 5.72 Å². The van der Waals surface area contributed by atoms with Gasteiger partial charge < -0.3 is 9.84 Å². The Hall–Kier alpha value is -2.37. The lowest BCUT2D eigenvalue weighted by molar-refractivity contribution is -0.156. The zero-order valence-electron chi connectivity index (χ0n) is 8.90. The van der Waals surface area contributed by atoms with E-state index in [1.54, 1.807) is 18.2 Å². The molecular formula is C10H9N3O4. The summed E-state index contributed by atoms with van der Waals surface area (Å²) in [6.45, 7) is 0.924. The van der Waals surface area contributed by atoms with Crippen LogP contribution in [-0.4, -0.2) is 22.8 Å². The third kappa shape index (κ3) is 3.30. The van der Waals surface area contributed by atoms with E-state index in [1.807, 2.05) is 0 Å². The minimum atomic E-state index is -2.40. The van der Waals surface area contributed by atoms with Crippen molar-refractivity contribution in [2.75, 3.05) is 0 Å². The molecule has 0 saturated carbocycles. The van der Waals surface area contributed by atoms with Crippen molar-refractivity contribution in [2.45, 2.75) is 12.6 Å². The number of carbonyl (C=O) groups excluding carboxylic acids is 2. The summed E-state index contributed by atoms with van der Waals surface area (Å²) in [5, 5.41) is 12.1. The first-order valence-electron chi connectivity index (χ1n) is 4.57. The van der Waals surface area contributed by atoms with Gasteiger partial charge in [0.1, 0.15) is 0 Å². The van der Waals surface area contributed by atoms with Crippen molar-refractivity contribution in [3.05, 3.63) is 46.3 Å². The van der Waals surface area contributed by atoms with Crippen LogP contribution < -0.4 is 0 Å². The Bertz CT molecular complexity index is 478. The Morgan fingerprint density at radius 3 is 2.53 bits per heavy atom. The molecule has 1 atom stereocenters. The molecule has 0 fully saturated rings. The van der Waals surface area contributed by atoms with Crippen LogP contribution in [0.3, 0.4) is 0 Å². The van der Waals surface area contributed by atoms with Crippen LogP contribution in [0.5, 0.6) is 0 Å². The van der Waals surface area contributed by atoms with Crippen molar-refractivity contribution in [1.82, 2.24) is 0 Å². The van der Waals surface area contributed by atoms with Crippen molar-refractivity contribution in [3.8, 4) is 0 Å². The lowest BCUT2D eigenvalue weighted by Crippen LogP contribution is -2.35. The predicted molar refractivity (Wildman–Crippen MR) is 56.6 cm³/mol. The minimum absolute atomic E-state index is 0.151. The molecular weight excluding hydrogens is 226 g/mol. The second kappa shape index (κ2) is 5.11. The zero-order valence-corrected chi connectivity index (χ0v) is 8.90. The molecule has 17 heavy (non-hydrogen) atoms.